The highest BCUT2D eigenvalue weighted by Crippen LogP contribution is 2.22. The van der Waals surface area contributed by atoms with Crippen LogP contribution in [0.15, 0.2) is 0 Å². The van der Waals surface area contributed by atoms with Crippen LogP contribution in [0.1, 0.15) is 39.0 Å². The number of esters is 1. The van der Waals surface area contributed by atoms with E-state index >= 15 is 0 Å². The van der Waals surface area contributed by atoms with Gasteiger partial charge in [-0.1, -0.05) is 13.3 Å². The molecule has 0 atom stereocenters. The smallest absolute Gasteiger partial charge is 0.308 e. The van der Waals surface area contributed by atoms with Crippen LogP contribution in [0.3, 0.4) is 0 Å². The zero-order chi connectivity index (χ0) is 11.1. The molecule has 0 aromatic rings. The highest BCUT2D eigenvalue weighted by Gasteiger charge is 2.32. The summed E-state index contributed by atoms with van der Waals surface area (Å²) in [7, 11) is 0. The first-order valence-electron chi connectivity index (χ1n) is 5.75. The molecule has 1 rings (SSSR count). The minimum Gasteiger partial charge on any atom is -0.466 e. The van der Waals surface area contributed by atoms with Crippen molar-refractivity contribution in [3.63, 3.8) is 0 Å². The van der Waals surface area contributed by atoms with Gasteiger partial charge in [0.2, 0.25) is 0 Å². The summed E-state index contributed by atoms with van der Waals surface area (Å²) in [5.41, 5.74) is -0.839. The Labute approximate surface area is 91.0 Å². The molecule has 4 heteroatoms. The standard InChI is InChI=1S/C11H21NO3/c1-2-3-8-15-10(13)9-11(14)4-6-12-7-5-11/h12,14H,2-9H2,1H3. The lowest BCUT2D eigenvalue weighted by molar-refractivity contribution is -0.150. The molecule has 1 fully saturated rings. The molecule has 0 spiro atoms. The van der Waals surface area contributed by atoms with Crippen molar-refractivity contribution in [2.75, 3.05) is 19.7 Å². The van der Waals surface area contributed by atoms with E-state index in [0.717, 1.165) is 25.9 Å². The lowest BCUT2D eigenvalue weighted by Crippen LogP contribution is -2.43. The molecule has 15 heavy (non-hydrogen) atoms. The quantitative estimate of drug-likeness (QED) is 0.527. The van der Waals surface area contributed by atoms with Crippen molar-refractivity contribution in [2.24, 2.45) is 0 Å². The van der Waals surface area contributed by atoms with E-state index in [-0.39, 0.29) is 12.4 Å². The second-order valence-electron chi connectivity index (χ2n) is 4.23. The Bertz CT molecular complexity index is 200. The van der Waals surface area contributed by atoms with Gasteiger partial charge in [-0.25, -0.2) is 0 Å². The molecule has 0 unspecified atom stereocenters. The molecule has 1 aliphatic rings. The van der Waals surface area contributed by atoms with Gasteiger partial charge in [0.1, 0.15) is 0 Å². The zero-order valence-corrected chi connectivity index (χ0v) is 9.42. The number of hydrogen-bond donors (Lipinski definition) is 2. The van der Waals surface area contributed by atoms with Gasteiger partial charge in [0, 0.05) is 0 Å². The number of unbranched alkanes of at least 4 members (excludes halogenated alkanes) is 1. The monoisotopic (exact) mass is 215 g/mol. The summed E-state index contributed by atoms with van der Waals surface area (Å²) in [6.07, 6.45) is 3.32. The van der Waals surface area contributed by atoms with Crippen LogP contribution in [-0.2, 0) is 9.53 Å². The normalized spacial score (nSPS) is 19.9. The maximum Gasteiger partial charge on any atom is 0.308 e. The van der Waals surface area contributed by atoms with E-state index < -0.39 is 5.60 Å². The van der Waals surface area contributed by atoms with E-state index in [1.807, 2.05) is 6.92 Å². The van der Waals surface area contributed by atoms with Gasteiger partial charge in [-0.05, 0) is 32.4 Å². The Morgan fingerprint density at radius 3 is 2.73 bits per heavy atom. The molecule has 0 aliphatic carbocycles. The van der Waals surface area contributed by atoms with Crippen LogP contribution in [0.25, 0.3) is 0 Å². The average molecular weight is 215 g/mol. The van der Waals surface area contributed by atoms with Crippen LogP contribution in [0.5, 0.6) is 0 Å². The Kier molecular flexibility index (Phi) is 5.05. The molecule has 1 heterocycles. The lowest BCUT2D eigenvalue weighted by atomic mass is 9.89. The fraction of sp³-hybridized carbons (Fsp3) is 0.909. The third-order valence-electron chi connectivity index (χ3n) is 2.77. The molecule has 0 radical (unpaired) electrons. The molecule has 0 saturated carbocycles. The largest absolute Gasteiger partial charge is 0.466 e. The van der Waals surface area contributed by atoms with Gasteiger partial charge in [-0.2, -0.15) is 0 Å². The predicted molar refractivity (Wildman–Crippen MR) is 57.5 cm³/mol. The summed E-state index contributed by atoms with van der Waals surface area (Å²) in [6, 6.07) is 0. The fourth-order valence-corrected chi connectivity index (χ4v) is 1.72. The number of hydrogen-bond acceptors (Lipinski definition) is 4. The second-order valence-corrected chi connectivity index (χ2v) is 4.23. The number of carbonyl (C=O) groups excluding carboxylic acids is 1. The molecular formula is C11H21NO3. The van der Waals surface area contributed by atoms with E-state index in [1.165, 1.54) is 0 Å². The highest BCUT2D eigenvalue weighted by atomic mass is 16.5. The zero-order valence-electron chi connectivity index (χ0n) is 9.42. The molecule has 0 amide bonds. The molecule has 1 saturated heterocycles. The summed E-state index contributed by atoms with van der Waals surface area (Å²) in [5, 5.41) is 13.2. The van der Waals surface area contributed by atoms with Crippen molar-refractivity contribution in [1.29, 1.82) is 0 Å². The van der Waals surface area contributed by atoms with Crippen molar-refractivity contribution in [1.82, 2.24) is 5.32 Å². The highest BCUT2D eigenvalue weighted by molar-refractivity contribution is 5.70. The summed E-state index contributed by atoms with van der Waals surface area (Å²) >= 11 is 0. The van der Waals surface area contributed by atoms with Gasteiger partial charge >= 0.3 is 5.97 Å². The molecule has 0 bridgehead atoms. The molecule has 0 aromatic heterocycles. The summed E-state index contributed by atoms with van der Waals surface area (Å²) < 4.78 is 5.03. The van der Waals surface area contributed by atoms with E-state index in [0.29, 0.717) is 19.4 Å². The first-order valence-corrected chi connectivity index (χ1v) is 5.75. The SMILES string of the molecule is CCCCOC(=O)CC1(O)CCNCC1. The van der Waals surface area contributed by atoms with Crippen LogP contribution in [0.4, 0.5) is 0 Å². The van der Waals surface area contributed by atoms with E-state index in [2.05, 4.69) is 5.32 Å². The van der Waals surface area contributed by atoms with Crippen molar-refractivity contribution < 1.29 is 14.6 Å². The van der Waals surface area contributed by atoms with Gasteiger partial charge in [-0.15, -0.1) is 0 Å². The fourth-order valence-electron chi connectivity index (χ4n) is 1.72. The Morgan fingerprint density at radius 1 is 1.47 bits per heavy atom. The molecule has 0 aromatic carbocycles. The van der Waals surface area contributed by atoms with Crippen LogP contribution in [0.2, 0.25) is 0 Å². The molecule has 1 aliphatic heterocycles. The number of rotatable bonds is 5. The van der Waals surface area contributed by atoms with Crippen molar-refractivity contribution in [3.05, 3.63) is 0 Å². The Morgan fingerprint density at radius 2 is 2.13 bits per heavy atom. The van der Waals surface area contributed by atoms with Crippen molar-refractivity contribution in [2.45, 2.75) is 44.6 Å². The minimum atomic E-state index is -0.839. The van der Waals surface area contributed by atoms with Crippen molar-refractivity contribution in [3.8, 4) is 0 Å². The molecular weight excluding hydrogens is 194 g/mol. The van der Waals surface area contributed by atoms with E-state index in [9.17, 15) is 9.90 Å². The van der Waals surface area contributed by atoms with Gasteiger partial charge in [0.25, 0.3) is 0 Å². The number of nitrogens with one attached hydrogen (secondary N) is 1. The van der Waals surface area contributed by atoms with Crippen LogP contribution >= 0.6 is 0 Å². The Hall–Kier alpha value is -0.610. The average Bonchev–Trinajstić information content (AvgIpc) is 2.18. The molecule has 4 nitrogen and oxygen atoms in total. The first-order chi connectivity index (χ1) is 7.16. The van der Waals surface area contributed by atoms with Crippen LogP contribution in [-0.4, -0.2) is 36.4 Å². The van der Waals surface area contributed by atoms with Crippen molar-refractivity contribution >= 4 is 5.97 Å². The number of carbonyl (C=O) groups is 1. The third kappa shape index (κ3) is 4.62. The van der Waals surface area contributed by atoms with Gasteiger partial charge in [0.15, 0.2) is 0 Å². The van der Waals surface area contributed by atoms with Crippen LogP contribution in [0, 0.1) is 0 Å². The number of aliphatic hydroxyl groups is 1. The Balaban J connectivity index is 2.23. The van der Waals surface area contributed by atoms with Gasteiger partial charge in [-0.3, -0.25) is 4.79 Å². The number of piperidine rings is 1. The summed E-state index contributed by atoms with van der Waals surface area (Å²) in [5.74, 6) is -0.271. The maximum absolute atomic E-state index is 11.4. The third-order valence-corrected chi connectivity index (χ3v) is 2.77. The minimum absolute atomic E-state index is 0.137. The summed E-state index contributed by atoms with van der Waals surface area (Å²) in [6.45, 7) is 4.08. The topological polar surface area (TPSA) is 58.6 Å². The number of ether oxygens (including phenoxy) is 1. The van der Waals surface area contributed by atoms with Gasteiger partial charge < -0.3 is 15.2 Å². The first kappa shape index (κ1) is 12.5. The van der Waals surface area contributed by atoms with E-state index in [4.69, 9.17) is 4.74 Å². The second kappa shape index (κ2) is 6.08. The molecule has 2 N–H and O–H groups in total. The summed E-state index contributed by atoms with van der Waals surface area (Å²) in [4.78, 5) is 11.4. The van der Waals surface area contributed by atoms with Gasteiger partial charge in [0.05, 0.1) is 18.6 Å². The van der Waals surface area contributed by atoms with Crippen LogP contribution < -0.4 is 5.32 Å². The maximum atomic E-state index is 11.4. The molecule has 88 valence electrons. The predicted octanol–water partition coefficient (Wildman–Crippen LogP) is 0.834. The van der Waals surface area contributed by atoms with E-state index in [1.54, 1.807) is 0 Å². The lowest BCUT2D eigenvalue weighted by Gasteiger charge is -2.31.